The number of amides is 1. The Morgan fingerprint density at radius 3 is 3.14 bits per heavy atom. The van der Waals surface area contributed by atoms with Crippen LogP contribution in [0.1, 0.15) is 18.0 Å². The van der Waals surface area contributed by atoms with Gasteiger partial charge in [0, 0.05) is 25.1 Å². The van der Waals surface area contributed by atoms with E-state index < -0.39 is 0 Å². The minimum absolute atomic E-state index is 0.0858. The zero-order chi connectivity index (χ0) is 9.97. The summed E-state index contributed by atoms with van der Waals surface area (Å²) in [5, 5.41) is 2.78. The molecule has 1 aliphatic rings. The number of rotatable bonds is 2. The molecule has 0 radical (unpaired) electrons. The largest absolute Gasteiger partial charge is 0.495 e. The van der Waals surface area contributed by atoms with Crippen LogP contribution in [0.3, 0.4) is 0 Å². The monoisotopic (exact) mass is 192 g/mol. The molecule has 0 spiro atoms. The van der Waals surface area contributed by atoms with Gasteiger partial charge in [-0.3, -0.25) is 9.78 Å². The average Bonchev–Trinajstić information content (AvgIpc) is 2.65. The van der Waals surface area contributed by atoms with Crippen LogP contribution in [-0.2, 0) is 4.79 Å². The summed E-state index contributed by atoms with van der Waals surface area (Å²) in [5.74, 6) is 0.996. The van der Waals surface area contributed by atoms with Crippen molar-refractivity contribution in [1.29, 1.82) is 0 Å². The Morgan fingerprint density at radius 2 is 2.50 bits per heavy atom. The predicted molar refractivity (Wildman–Crippen MR) is 51.2 cm³/mol. The number of methoxy groups -OCH3 is 1. The molecule has 1 saturated heterocycles. The maximum absolute atomic E-state index is 11.0. The number of aromatic nitrogens is 1. The van der Waals surface area contributed by atoms with Crippen LogP contribution in [-0.4, -0.2) is 24.5 Å². The molecule has 1 amide bonds. The second-order valence-corrected chi connectivity index (χ2v) is 3.30. The topological polar surface area (TPSA) is 51.2 Å². The molecule has 14 heavy (non-hydrogen) atoms. The molecule has 4 heteroatoms. The van der Waals surface area contributed by atoms with Gasteiger partial charge in [0.15, 0.2) is 0 Å². The molecule has 0 bridgehead atoms. The van der Waals surface area contributed by atoms with Gasteiger partial charge in [-0.25, -0.2) is 0 Å². The third-order valence-corrected chi connectivity index (χ3v) is 2.38. The summed E-state index contributed by atoms with van der Waals surface area (Å²) in [6.45, 7) is 0.659. The van der Waals surface area contributed by atoms with Gasteiger partial charge in [-0.2, -0.15) is 0 Å². The molecule has 1 atom stereocenters. The van der Waals surface area contributed by atoms with Gasteiger partial charge >= 0.3 is 0 Å². The van der Waals surface area contributed by atoms with Crippen molar-refractivity contribution in [2.45, 2.75) is 12.3 Å². The van der Waals surface area contributed by atoms with Crippen LogP contribution < -0.4 is 10.1 Å². The van der Waals surface area contributed by atoms with Crippen molar-refractivity contribution < 1.29 is 9.53 Å². The van der Waals surface area contributed by atoms with Gasteiger partial charge in [-0.1, -0.05) is 0 Å². The van der Waals surface area contributed by atoms with Crippen molar-refractivity contribution in [1.82, 2.24) is 10.3 Å². The minimum atomic E-state index is 0.0858. The highest BCUT2D eigenvalue weighted by atomic mass is 16.5. The van der Waals surface area contributed by atoms with Crippen LogP contribution in [0, 0.1) is 0 Å². The van der Waals surface area contributed by atoms with Crippen LogP contribution in [0.2, 0.25) is 0 Å². The second kappa shape index (κ2) is 3.65. The Kier molecular flexibility index (Phi) is 2.35. The Balaban J connectivity index is 2.27. The van der Waals surface area contributed by atoms with E-state index in [4.69, 9.17) is 4.74 Å². The minimum Gasteiger partial charge on any atom is -0.495 e. The van der Waals surface area contributed by atoms with Crippen molar-refractivity contribution in [3.8, 4) is 5.75 Å². The zero-order valence-electron chi connectivity index (χ0n) is 7.99. The molecule has 4 nitrogen and oxygen atoms in total. The highest BCUT2D eigenvalue weighted by Gasteiger charge is 2.26. The number of hydrogen-bond acceptors (Lipinski definition) is 3. The molecule has 1 N–H and O–H groups in total. The van der Waals surface area contributed by atoms with E-state index in [1.807, 2.05) is 12.1 Å². The third-order valence-electron chi connectivity index (χ3n) is 2.38. The maximum atomic E-state index is 11.0. The first-order valence-corrected chi connectivity index (χ1v) is 4.57. The van der Waals surface area contributed by atoms with Crippen molar-refractivity contribution in [3.05, 3.63) is 24.0 Å². The molecule has 1 unspecified atom stereocenters. The van der Waals surface area contributed by atoms with Gasteiger partial charge in [0.05, 0.1) is 12.8 Å². The lowest BCUT2D eigenvalue weighted by Crippen LogP contribution is -2.13. The van der Waals surface area contributed by atoms with E-state index in [2.05, 4.69) is 10.3 Å². The smallest absolute Gasteiger partial charge is 0.220 e. The fourth-order valence-corrected chi connectivity index (χ4v) is 1.68. The zero-order valence-corrected chi connectivity index (χ0v) is 7.99. The summed E-state index contributed by atoms with van der Waals surface area (Å²) in [6.07, 6.45) is 2.23. The van der Waals surface area contributed by atoms with E-state index in [9.17, 15) is 4.79 Å². The summed E-state index contributed by atoms with van der Waals surface area (Å²) in [4.78, 5) is 15.3. The Morgan fingerprint density at radius 1 is 1.64 bits per heavy atom. The lowest BCUT2D eigenvalue weighted by Gasteiger charge is -2.10. The highest BCUT2D eigenvalue weighted by molar-refractivity contribution is 5.79. The fourth-order valence-electron chi connectivity index (χ4n) is 1.68. The quantitative estimate of drug-likeness (QED) is 0.750. The van der Waals surface area contributed by atoms with Crippen molar-refractivity contribution >= 4 is 5.91 Å². The number of carbonyl (C=O) groups excluding carboxylic acids is 1. The van der Waals surface area contributed by atoms with Gasteiger partial charge in [0.25, 0.3) is 0 Å². The van der Waals surface area contributed by atoms with Gasteiger partial charge < -0.3 is 10.1 Å². The van der Waals surface area contributed by atoms with Crippen molar-refractivity contribution in [3.63, 3.8) is 0 Å². The maximum Gasteiger partial charge on any atom is 0.220 e. The second-order valence-electron chi connectivity index (χ2n) is 3.30. The molecule has 1 aromatic rings. The van der Waals surface area contributed by atoms with Crippen LogP contribution in [0.25, 0.3) is 0 Å². The number of ether oxygens (including phenoxy) is 1. The third kappa shape index (κ3) is 1.55. The lowest BCUT2D eigenvalue weighted by molar-refractivity contribution is -0.119. The predicted octanol–water partition coefficient (Wildman–Crippen LogP) is 0.694. The van der Waals surface area contributed by atoms with Crippen LogP contribution >= 0.6 is 0 Å². The summed E-state index contributed by atoms with van der Waals surface area (Å²) in [6, 6.07) is 3.69. The molecule has 2 heterocycles. The van der Waals surface area contributed by atoms with Crippen molar-refractivity contribution in [2.24, 2.45) is 0 Å². The first-order chi connectivity index (χ1) is 6.81. The molecule has 1 aromatic heterocycles. The highest BCUT2D eigenvalue weighted by Crippen LogP contribution is 2.28. The molecule has 1 aliphatic heterocycles. The molecule has 74 valence electrons. The fraction of sp³-hybridized carbons (Fsp3) is 0.400. The summed E-state index contributed by atoms with van der Waals surface area (Å²) >= 11 is 0. The Hall–Kier alpha value is -1.58. The summed E-state index contributed by atoms with van der Waals surface area (Å²) < 4.78 is 5.19. The molecule has 2 rings (SSSR count). The van der Waals surface area contributed by atoms with E-state index in [1.165, 1.54) is 0 Å². The van der Waals surface area contributed by atoms with Gasteiger partial charge in [-0.15, -0.1) is 0 Å². The molecular formula is C10H12N2O2. The van der Waals surface area contributed by atoms with Crippen molar-refractivity contribution in [2.75, 3.05) is 13.7 Å². The van der Waals surface area contributed by atoms with E-state index in [-0.39, 0.29) is 11.8 Å². The van der Waals surface area contributed by atoms with Gasteiger partial charge in [-0.05, 0) is 12.1 Å². The molecule has 0 saturated carbocycles. The van der Waals surface area contributed by atoms with Crippen LogP contribution in [0.5, 0.6) is 5.75 Å². The number of nitrogens with zero attached hydrogens (tertiary/aromatic N) is 1. The average molecular weight is 192 g/mol. The van der Waals surface area contributed by atoms with Crippen LogP contribution in [0.4, 0.5) is 0 Å². The molecule has 1 fully saturated rings. The first kappa shape index (κ1) is 8.99. The van der Waals surface area contributed by atoms with Gasteiger partial charge in [0.1, 0.15) is 5.75 Å². The molecule has 0 aromatic carbocycles. The summed E-state index contributed by atoms with van der Waals surface area (Å²) in [7, 11) is 1.62. The van der Waals surface area contributed by atoms with E-state index in [1.54, 1.807) is 13.3 Å². The standard InChI is InChI=1S/C10H12N2O2/c1-14-8-3-2-4-11-10(8)7-5-9(13)12-6-7/h2-4,7H,5-6H2,1H3,(H,12,13). The number of pyridine rings is 1. The first-order valence-electron chi connectivity index (χ1n) is 4.57. The normalized spacial score (nSPS) is 20.6. The number of nitrogens with one attached hydrogen (secondary N) is 1. The SMILES string of the molecule is COc1cccnc1C1CNC(=O)C1. The Labute approximate surface area is 82.3 Å². The summed E-state index contributed by atoms with van der Waals surface area (Å²) in [5.41, 5.74) is 0.869. The van der Waals surface area contributed by atoms with E-state index in [0.717, 1.165) is 11.4 Å². The van der Waals surface area contributed by atoms with E-state index >= 15 is 0 Å². The molecular weight excluding hydrogens is 180 g/mol. The van der Waals surface area contributed by atoms with Gasteiger partial charge in [0.2, 0.25) is 5.91 Å². The Bertz CT molecular complexity index is 352. The number of hydrogen-bond donors (Lipinski definition) is 1. The molecule has 0 aliphatic carbocycles. The number of carbonyl (C=O) groups is 1. The van der Waals surface area contributed by atoms with E-state index in [0.29, 0.717) is 13.0 Å². The lowest BCUT2D eigenvalue weighted by atomic mass is 10.0. The van der Waals surface area contributed by atoms with Crippen LogP contribution in [0.15, 0.2) is 18.3 Å².